The van der Waals surface area contributed by atoms with Gasteiger partial charge in [-0.05, 0) is 0 Å². The zero-order valence-electron chi connectivity index (χ0n) is 23.8. The molecular weight excluding hydrogens is 532 g/mol. The molecule has 0 amide bonds. The van der Waals surface area contributed by atoms with Gasteiger partial charge in [0, 0.05) is 0 Å². The summed E-state index contributed by atoms with van der Waals surface area (Å²) in [6.07, 6.45) is 6.51. The summed E-state index contributed by atoms with van der Waals surface area (Å²) in [5.74, 6) is 0.314. The van der Waals surface area contributed by atoms with Crippen LogP contribution in [0.25, 0.3) is 0 Å². The molecule has 0 aromatic heterocycles. The zero-order chi connectivity index (χ0) is 27.1. The van der Waals surface area contributed by atoms with Crippen LogP contribution in [-0.4, -0.2) is 34.0 Å². The first-order valence-electron chi connectivity index (χ1n) is 13.6. The van der Waals surface area contributed by atoms with E-state index in [9.17, 15) is 0 Å². The average Bonchev–Trinajstić information content (AvgIpc) is 2.87. The molecule has 0 radical (unpaired) electrons. The first-order chi connectivity index (χ1) is 17.4. The SMILES string of the molecule is C=CCNC(c1ccccc1)P(=[Se])(CCc1ccc(C(C)(C)C)cc1)CCc1ccc(C(C)(C)C)cc1. The fourth-order valence-corrected chi connectivity index (χ4v) is 10.3. The Morgan fingerprint density at radius 1 is 0.730 bits per heavy atom. The van der Waals surface area contributed by atoms with Crippen LogP contribution in [0.1, 0.15) is 75.1 Å². The Morgan fingerprint density at radius 3 is 1.54 bits per heavy atom. The van der Waals surface area contributed by atoms with Crippen LogP contribution in [0.3, 0.4) is 0 Å². The third kappa shape index (κ3) is 8.66. The molecule has 0 saturated heterocycles. The van der Waals surface area contributed by atoms with Gasteiger partial charge in [0.15, 0.2) is 0 Å². The predicted molar refractivity (Wildman–Crippen MR) is 167 cm³/mol. The van der Waals surface area contributed by atoms with E-state index < -0.39 is 5.51 Å². The van der Waals surface area contributed by atoms with Crippen molar-refractivity contribution in [2.24, 2.45) is 0 Å². The standard InChI is InChI=1S/C34H46NPSe/c1-8-24-35-32(29-12-10-9-11-13-29)36(37,25-22-27-14-18-30(19-15-27)33(2,3)4)26-23-28-16-20-31(21-17-28)34(5,6)7/h8-21,32,35H,1,22-26H2,2-7H3. The summed E-state index contributed by atoms with van der Waals surface area (Å²) in [7, 11) is 0. The second kappa shape index (κ2) is 12.9. The van der Waals surface area contributed by atoms with Crippen LogP contribution in [0.2, 0.25) is 0 Å². The van der Waals surface area contributed by atoms with Gasteiger partial charge in [-0.3, -0.25) is 0 Å². The van der Waals surface area contributed by atoms with E-state index in [0.717, 1.165) is 19.4 Å². The molecule has 1 N–H and O–H groups in total. The van der Waals surface area contributed by atoms with Crippen LogP contribution in [0.4, 0.5) is 0 Å². The topological polar surface area (TPSA) is 12.0 Å². The molecule has 3 rings (SSSR count). The summed E-state index contributed by atoms with van der Waals surface area (Å²) >= 11 is 3.82. The van der Waals surface area contributed by atoms with Crippen LogP contribution < -0.4 is 5.32 Å². The second-order valence-corrected chi connectivity index (χ2v) is 20.2. The van der Waals surface area contributed by atoms with Gasteiger partial charge in [-0.1, -0.05) is 0 Å². The van der Waals surface area contributed by atoms with Crippen LogP contribution in [0.5, 0.6) is 0 Å². The van der Waals surface area contributed by atoms with Gasteiger partial charge in [-0.15, -0.1) is 0 Å². The maximum atomic E-state index is 3.99. The van der Waals surface area contributed by atoms with Crippen molar-refractivity contribution in [3.63, 3.8) is 0 Å². The third-order valence-electron chi connectivity index (χ3n) is 7.24. The molecule has 1 atom stereocenters. The van der Waals surface area contributed by atoms with E-state index in [0.29, 0.717) is 5.78 Å². The summed E-state index contributed by atoms with van der Waals surface area (Å²) in [5, 5.41) is 3.86. The van der Waals surface area contributed by atoms with Crippen LogP contribution in [0, 0.1) is 0 Å². The molecule has 3 aromatic rings. The van der Waals surface area contributed by atoms with Gasteiger partial charge >= 0.3 is 235 Å². The first kappa shape index (κ1) is 29.9. The Morgan fingerprint density at radius 2 is 1.16 bits per heavy atom. The average molecular weight is 579 g/mol. The molecule has 0 heterocycles. The fourth-order valence-electron chi connectivity index (χ4n) is 4.74. The van der Waals surface area contributed by atoms with Gasteiger partial charge in [0.25, 0.3) is 0 Å². The third-order valence-corrected chi connectivity index (χ3v) is 14.2. The molecule has 0 spiro atoms. The van der Waals surface area contributed by atoms with Crippen molar-refractivity contribution in [3.05, 3.63) is 119 Å². The minimum absolute atomic E-state index is 0.184. The van der Waals surface area contributed by atoms with Gasteiger partial charge < -0.3 is 0 Å². The molecule has 3 aromatic carbocycles. The molecule has 0 aliphatic rings. The van der Waals surface area contributed by atoms with E-state index in [1.807, 2.05) is 6.08 Å². The number of aryl methyl sites for hydroxylation is 2. The Balaban J connectivity index is 1.87. The van der Waals surface area contributed by atoms with E-state index in [2.05, 4.69) is 147 Å². The summed E-state index contributed by atoms with van der Waals surface area (Å²) in [4.78, 5) is 0. The predicted octanol–water partition coefficient (Wildman–Crippen LogP) is 8.64. The number of nitrogens with one attached hydrogen (secondary N) is 1. The molecule has 0 aliphatic carbocycles. The number of benzene rings is 3. The normalized spacial score (nSPS) is 13.4. The van der Waals surface area contributed by atoms with Crippen molar-refractivity contribution in [1.29, 1.82) is 0 Å². The second-order valence-electron chi connectivity index (χ2n) is 12.3. The van der Waals surface area contributed by atoms with Gasteiger partial charge in [0.2, 0.25) is 0 Å². The molecule has 37 heavy (non-hydrogen) atoms. The zero-order valence-corrected chi connectivity index (χ0v) is 26.4. The molecule has 1 unspecified atom stereocenters. The minimum atomic E-state index is -1.53. The van der Waals surface area contributed by atoms with Crippen LogP contribution in [-0.2, 0) is 23.7 Å². The molecule has 0 bridgehead atoms. The Labute approximate surface area is 234 Å². The fraction of sp³-hybridized carbons (Fsp3) is 0.412. The van der Waals surface area contributed by atoms with Crippen molar-refractivity contribution in [2.75, 3.05) is 18.9 Å². The van der Waals surface area contributed by atoms with Crippen molar-refractivity contribution >= 4 is 20.6 Å². The monoisotopic (exact) mass is 579 g/mol. The Kier molecular flexibility index (Phi) is 10.4. The van der Waals surface area contributed by atoms with Gasteiger partial charge in [0.05, 0.1) is 0 Å². The number of hydrogen-bond acceptors (Lipinski definition) is 1. The maximum absolute atomic E-state index is 3.99. The summed E-state index contributed by atoms with van der Waals surface area (Å²) in [5.41, 5.74) is 5.86. The molecule has 0 fully saturated rings. The van der Waals surface area contributed by atoms with E-state index >= 15 is 0 Å². The van der Waals surface area contributed by atoms with Gasteiger partial charge in [-0.2, -0.15) is 0 Å². The van der Waals surface area contributed by atoms with Crippen LogP contribution in [0.15, 0.2) is 91.5 Å². The number of hydrogen-bond donors (Lipinski definition) is 1. The van der Waals surface area contributed by atoms with E-state index in [4.69, 9.17) is 0 Å². The van der Waals surface area contributed by atoms with Crippen molar-refractivity contribution in [2.45, 2.75) is 71.0 Å². The van der Waals surface area contributed by atoms with Crippen molar-refractivity contribution in [3.8, 4) is 0 Å². The van der Waals surface area contributed by atoms with Crippen LogP contribution >= 0.6 is 5.51 Å². The quantitative estimate of drug-likeness (QED) is 0.136. The Hall–Kier alpha value is -1.69. The molecule has 0 saturated carbocycles. The van der Waals surface area contributed by atoms with E-state index in [1.165, 1.54) is 40.1 Å². The molecule has 198 valence electrons. The van der Waals surface area contributed by atoms with Gasteiger partial charge in [0.1, 0.15) is 0 Å². The summed E-state index contributed by atoms with van der Waals surface area (Å²) in [6.45, 7) is 18.5. The summed E-state index contributed by atoms with van der Waals surface area (Å²) in [6, 6.07) is 29.6. The van der Waals surface area contributed by atoms with E-state index in [1.54, 1.807) is 0 Å². The summed E-state index contributed by atoms with van der Waals surface area (Å²) < 4.78 is 0. The van der Waals surface area contributed by atoms with Crippen molar-refractivity contribution in [1.82, 2.24) is 5.32 Å². The molecule has 3 heteroatoms. The van der Waals surface area contributed by atoms with Crippen molar-refractivity contribution < 1.29 is 0 Å². The molecule has 0 aliphatic heterocycles. The Bertz CT molecular complexity index is 1100. The first-order valence-corrected chi connectivity index (χ1v) is 18.0. The number of rotatable bonds is 11. The molecular formula is C34H46NPSe. The molecule has 1 nitrogen and oxygen atoms in total. The van der Waals surface area contributed by atoms with E-state index in [-0.39, 0.29) is 10.8 Å². The van der Waals surface area contributed by atoms with Gasteiger partial charge in [-0.25, -0.2) is 0 Å².